The van der Waals surface area contributed by atoms with E-state index in [1.165, 1.54) is 13.8 Å². The van der Waals surface area contributed by atoms with Gasteiger partial charge in [-0.25, -0.2) is 0 Å². The van der Waals surface area contributed by atoms with Crippen molar-refractivity contribution in [2.45, 2.75) is 241 Å². The van der Waals surface area contributed by atoms with E-state index in [2.05, 4.69) is 26.2 Å². The minimum absolute atomic E-state index is 0.0278. The zero-order chi connectivity index (χ0) is 61.9. The number of hydrogen-bond donors (Lipinski definition) is 16. The molecule has 83 heavy (non-hydrogen) atoms. The molecular formula is C54H100N6O23. The van der Waals surface area contributed by atoms with Gasteiger partial charge >= 0.3 is 0 Å². The fourth-order valence-corrected chi connectivity index (χ4v) is 10.3. The van der Waals surface area contributed by atoms with Crippen molar-refractivity contribution in [1.29, 1.82) is 0 Å². The topological polar surface area (TPSA) is 438 Å². The zero-order valence-electron chi connectivity index (χ0n) is 49.1. The molecule has 0 aromatic rings. The predicted octanol–water partition coefficient (Wildman–Crippen LogP) is -5.28. The number of carbonyl (C=O) groups is 5. The van der Waals surface area contributed by atoms with Gasteiger partial charge in [-0.2, -0.15) is 0 Å². The Bertz CT molecular complexity index is 1890. The van der Waals surface area contributed by atoms with Crippen LogP contribution < -0.4 is 21.3 Å². The molecule has 4 heterocycles. The number of nitrogens with one attached hydrogen (secondary N) is 4. The zero-order valence-corrected chi connectivity index (χ0v) is 49.1. The van der Waals surface area contributed by atoms with Gasteiger partial charge in [0.25, 0.3) is 0 Å². The van der Waals surface area contributed by atoms with Crippen molar-refractivity contribution in [2.24, 2.45) is 0 Å². The fraction of sp³-hybridized carbons (Fsp3) is 0.907. The van der Waals surface area contributed by atoms with Gasteiger partial charge in [-0.05, 0) is 92.2 Å². The SMILES string of the molecule is CCNC(=O)CCCCC(=O)N(CCC[C@@H]1O[C@@H](C)[C@@H](O)[C@@H](O)[C@@H]1O)CCO[C@@H]1O[C@H](CO)[C@@H](O)[C@H](O)[C@H]1NC(C)=O.CCNC(=O)CCCCCN(CCC[C@@H]1O[C@@H](C)[C@@H](O)[C@@H](O)[C@@H]1O)CCO[C@@H]1O[C@H](CO)[C@@H](O)[C@H](O)[C@H]1NC(C)=O. The van der Waals surface area contributed by atoms with E-state index in [1.807, 2.05) is 13.8 Å². The second-order valence-electron chi connectivity index (χ2n) is 21.7. The van der Waals surface area contributed by atoms with Gasteiger partial charge in [0.2, 0.25) is 29.5 Å². The van der Waals surface area contributed by atoms with Crippen molar-refractivity contribution >= 4 is 29.5 Å². The minimum Gasteiger partial charge on any atom is -0.394 e. The lowest BCUT2D eigenvalue weighted by Crippen LogP contribution is -2.64. The molecule has 484 valence electrons. The standard InChI is InChI=1S/C27H49N3O12.C27H51N3O11/c1-4-28-19(33)9-5-6-10-20(34)30(11-7-8-17-23(36)26(39)22(35)15(2)41-17)12-13-40-27-21(29-16(3)32)25(38)24(37)18(14-31)42-27;1-4-28-20(33)10-6-5-7-11-30(12-8-9-18-23(35)26(38)22(34)16(2)40-18)13-14-39-27-21(29-17(3)32)25(37)24(36)19(15-31)41-27/h15,17-18,21-27,31,35-39H,4-14H2,1-3H3,(H,28,33)(H,29,32);16,18-19,21-27,31,34-38H,4-15H2,1-3H3,(H,28,33)(H,29,32)/t15-,17-,18+,21+,22+,23+,24+,25+,26+,27+;16-,18-,19+,21+,22+,23+,24+,25+,26+,27+/m00/s1. The van der Waals surface area contributed by atoms with Crippen molar-refractivity contribution in [3.8, 4) is 0 Å². The molecule has 0 aromatic carbocycles. The summed E-state index contributed by atoms with van der Waals surface area (Å²) in [6.07, 6.45) is -14.1. The van der Waals surface area contributed by atoms with Crippen molar-refractivity contribution in [2.75, 3.05) is 72.2 Å². The summed E-state index contributed by atoms with van der Waals surface area (Å²) in [5, 5.41) is 132. The Hall–Kier alpha value is -3.41. The van der Waals surface area contributed by atoms with E-state index in [4.69, 9.17) is 28.4 Å². The molecule has 16 N–H and O–H groups in total. The maximum absolute atomic E-state index is 13.1. The van der Waals surface area contributed by atoms with Crippen LogP contribution in [-0.4, -0.2) is 295 Å². The van der Waals surface area contributed by atoms with Crippen LogP contribution in [0.2, 0.25) is 0 Å². The Balaban J connectivity index is 0.000000435. The Morgan fingerprint density at radius 3 is 1.28 bits per heavy atom. The normalized spacial score (nSPS) is 33.6. The molecule has 5 amide bonds. The number of carbonyl (C=O) groups excluding carboxylic acids is 5. The molecule has 0 unspecified atom stereocenters. The average molecular weight is 1200 g/mol. The Kier molecular flexibility index (Phi) is 34.4. The minimum atomic E-state index is -1.47. The molecule has 29 heteroatoms. The Labute approximate surface area is 486 Å². The highest BCUT2D eigenvalue weighted by atomic mass is 16.7. The summed E-state index contributed by atoms with van der Waals surface area (Å²) in [6, 6.07) is -2.14. The molecule has 0 radical (unpaired) electrons. The first-order chi connectivity index (χ1) is 39.4. The molecule has 4 aliphatic rings. The Morgan fingerprint density at radius 1 is 0.446 bits per heavy atom. The lowest BCUT2D eigenvalue weighted by atomic mass is 9.93. The van der Waals surface area contributed by atoms with Crippen molar-refractivity contribution in [3.05, 3.63) is 0 Å². The van der Waals surface area contributed by atoms with Gasteiger partial charge in [-0.3, -0.25) is 24.0 Å². The molecule has 4 saturated heterocycles. The summed E-state index contributed by atoms with van der Waals surface area (Å²) in [6.45, 7) is 11.7. The molecule has 29 nitrogen and oxygen atoms in total. The van der Waals surface area contributed by atoms with Gasteiger partial charge < -0.3 is 121 Å². The van der Waals surface area contributed by atoms with Crippen LogP contribution in [0.25, 0.3) is 0 Å². The summed E-state index contributed by atoms with van der Waals surface area (Å²) < 4.78 is 34.2. The van der Waals surface area contributed by atoms with E-state index < -0.39 is 147 Å². The first-order valence-corrected chi connectivity index (χ1v) is 29.4. The van der Waals surface area contributed by atoms with E-state index in [-0.39, 0.29) is 50.4 Å². The quantitative estimate of drug-likeness (QED) is 0.0273. The van der Waals surface area contributed by atoms with Crippen molar-refractivity contribution in [1.82, 2.24) is 31.1 Å². The summed E-state index contributed by atoms with van der Waals surface area (Å²) >= 11 is 0. The first-order valence-electron chi connectivity index (χ1n) is 29.4. The molecule has 0 aliphatic carbocycles. The number of hydrogen-bond acceptors (Lipinski definition) is 24. The van der Waals surface area contributed by atoms with Gasteiger partial charge in [-0.1, -0.05) is 6.42 Å². The van der Waals surface area contributed by atoms with Crippen LogP contribution in [0.3, 0.4) is 0 Å². The highest BCUT2D eigenvalue weighted by molar-refractivity contribution is 5.77. The second kappa shape index (κ2) is 38.7. The number of amides is 5. The van der Waals surface area contributed by atoms with Crippen LogP contribution >= 0.6 is 0 Å². The molecule has 0 aromatic heterocycles. The van der Waals surface area contributed by atoms with Gasteiger partial charge in [0.1, 0.15) is 85.3 Å². The summed E-state index contributed by atoms with van der Waals surface area (Å²) in [5.41, 5.74) is 0. The van der Waals surface area contributed by atoms with E-state index >= 15 is 0 Å². The largest absolute Gasteiger partial charge is 0.394 e. The lowest BCUT2D eigenvalue weighted by molar-refractivity contribution is -0.270. The van der Waals surface area contributed by atoms with Crippen LogP contribution in [0, 0.1) is 0 Å². The summed E-state index contributed by atoms with van der Waals surface area (Å²) in [7, 11) is 0. The lowest BCUT2D eigenvalue weighted by Gasteiger charge is -2.42. The van der Waals surface area contributed by atoms with Crippen molar-refractivity contribution < 1.29 is 114 Å². The van der Waals surface area contributed by atoms with E-state index in [1.54, 1.807) is 18.7 Å². The van der Waals surface area contributed by atoms with E-state index in [0.29, 0.717) is 84.1 Å². The smallest absolute Gasteiger partial charge is 0.222 e. The molecule has 4 fully saturated rings. The fourth-order valence-electron chi connectivity index (χ4n) is 10.3. The van der Waals surface area contributed by atoms with Crippen LogP contribution in [0.4, 0.5) is 0 Å². The van der Waals surface area contributed by atoms with Gasteiger partial charge in [0.05, 0.1) is 50.8 Å². The molecule has 4 rings (SSSR count). The number of aliphatic hydroxyl groups is 12. The third-order valence-electron chi connectivity index (χ3n) is 15.1. The van der Waals surface area contributed by atoms with Crippen LogP contribution in [0.15, 0.2) is 0 Å². The number of rotatable bonds is 33. The predicted molar refractivity (Wildman–Crippen MR) is 293 cm³/mol. The molecule has 0 saturated carbocycles. The van der Waals surface area contributed by atoms with Crippen molar-refractivity contribution in [3.63, 3.8) is 0 Å². The van der Waals surface area contributed by atoms with Crippen LogP contribution in [0.5, 0.6) is 0 Å². The average Bonchev–Trinajstić information content (AvgIpc) is 3.54. The maximum Gasteiger partial charge on any atom is 0.222 e. The number of unbranched alkanes of at least 4 members (excludes halogenated alkanes) is 3. The summed E-state index contributed by atoms with van der Waals surface area (Å²) in [4.78, 5) is 63.5. The second-order valence-corrected chi connectivity index (χ2v) is 21.7. The molecule has 4 aliphatic heterocycles. The van der Waals surface area contributed by atoms with Crippen LogP contribution in [-0.2, 0) is 52.4 Å². The number of aliphatic hydroxyl groups excluding tert-OH is 12. The Morgan fingerprint density at radius 2 is 0.843 bits per heavy atom. The third-order valence-corrected chi connectivity index (χ3v) is 15.1. The van der Waals surface area contributed by atoms with Crippen LogP contribution in [0.1, 0.15) is 119 Å². The third kappa shape index (κ3) is 24.4. The summed E-state index contributed by atoms with van der Waals surface area (Å²) in [5.74, 6) is -1.18. The highest BCUT2D eigenvalue weighted by Gasteiger charge is 2.47. The molecular weight excluding hydrogens is 1100 g/mol. The first kappa shape index (κ1) is 73.8. The van der Waals surface area contributed by atoms with Gasteiger partial charge in [-0.15, -0.1) is 0 Å². The molecule has 20 atom stereocenters. The highest BCUT2D eigenvalue weighted by Crippen LogP contribution is 2.27. The van der Waals surface area contributed by atoms with E-state index in [9.17, 15) is 85.3 Å². The monoisotopic (exact) mass is 1200 g/mol. The van der Waals surface area contributed by atoms with E-state index in [0.717, 1.165) is 19.3 Å². The molecule has 0 bridgehead atoms. The maximum atomic E-state index is 13.1. The molecule has 0 spiro atoms. The number of nitrogens with zero attached hydrogens (tertiary/aromatic N) is 2. The van der Waals surface area contributed by atoms with Gasteiger partial charge in [0, 0.05) is 65.8 Å². The number of ether oxygens (including phenoxy) is 6. The van der Waals surface area contributed by atoms with Gasteiger partial charge in [0.15, 0.2) is 12.6 Å².